The number of ether oxygens (including phenoxy) is 1. The van der Waals surface area contributed by atoms with Gasteiger partial charge in [-0.1, -0.05) is 6.92 Å². The Balaban J connectivity index is 1.92. The van der Waals surface area contributed by atoms with E-state index in [9.17, 15) is 4.79 Å². The smallest absolute Gasteiger partial charge is 0.321 e. The van der Waals surface area contributed by atoms with Crippen LogP contribution in [0.15, 0.2) is 18.3 Å². The largest absolute Gasteiger partial charge is 0.478 e. The maximum absolute atomic E-state index is 12.2. The van der Waals surface area contributed by atoms with Crippen LogP contribution in [0.4, 0.5) is 10.5 Å². The molecule has 1 aliphatic heterocycles. The van der Waals surface area contributed by atoms with Gasteiger partial charge < -0.3 is 15.0 Å². The molecule has 0 unspecified atom stereocenters. The molecule has 0 bridgehead atoms. The monoisotopic (exact) mass is 295 g/mol. The number of carbonyl (C=O) groups excluding carboxylic acids is 1. The molecule has 1 aromatic rings. The van der Waals surface area contributed by atoms with Gasteiger partial charge >= 0.3 is 6.03 Å². The highest BCUT2D eigenvalue weighted by molar-refractivity contribution is 7.99. The van der Waals surface area contributed by atoms with Crippen molar-refractivity contribution >= 4 is 23.5 Å². The lowest BCUT2D eigenvalue weighted by Crippen LogP contribution is -2.38. The maximum Gasteiger partial charge on any atom is 0.321 e. The number of nitrogens with zero attached hydrogens (tertiary/aromatic N) is 2. The normalized spacial score (nSPS) is 19.3. The molecular weight excluding hydrogens is 274 g/mol. The van der Waals surface area contributed by atoms with Crippen LogP contribution >= 0.6 is 11.8 Å². The molecule has 1 N–H and O–H groups in total. The molecule has 1 aliphatic rings. The third-order valence-electron chi connectivity index (χ3n) is 3.01. The van der Waals surface area contributed by atoms with Crippen LogP contribution in [0.2, 0.25) is 0 Å². The van der Waals surface area contributed by atoms with Crippen LogP contribution in [0.25, 0.3) is 0 Å². The summed E-state index contributed by atoms with van der Waals surface area (Å²) >= 11 is 1.91. The number of anilines is 1. The van der Waals surface area contributed by atoms with Gasteiger partial charge in [0.25, 0.3) is 0 Å². The minimum absolute atomic E-state index is 0.0506. The van der Waals surface area contributed by atoms with E-state index in [1.807, 2.05) is 29.7 Å². The SMILES string of the molecule is CCOc1ccc(NC(=O)N2CCSC[C@@H](C)C2)cn1. The summed E-state index contributed by atoms with van der Waals surface area (Å²) < 4.78 is 5.28. The molecule has 0 spiro atoms. The number of aromatic nitrogens is 1. The summed E-state index contributed by atoms with van der Waals surface area (Å²) in [6.07, 6.45) is 1.62. The Labute approximate surface area is 124 Å². The molecule has 2 heterocycles. The van der Waals surface area contributed by atoms with Crippen LogP contribution in [-0.4, -0.2) is 47.1 Å². The molecule has 1 fully saturated rings. The van der Waals surface area contributed by atoms with E-state index in [1.54, 1.807) is 12.3 Å². The summed E-state index contributed by atoms with van der Waals surface area (Å²) in [5.41, 5.74) is 0.697. The maximum atomic E-state index is 12.2. The van der Waals surface area contributed by atoms with Crippen LogP contribution in [0.5, 0.6) is 5.88 Å². The van der Waals surface area contributed by atoms with Crippen molar-refractivity contribution in [1.29, 1.82) is 0 Å². The summed E-state index contributed by atoms with van der Waals surface area (Å²) in [6, 6.07) is 3.52. The van der Waals surface area contributed by atoms with E-state index < -0.39 is 0 Å². The molecule has 20 heavy (non-hydrogen) atoms. The molecule has 0 saturated carbocycles. The van der Waals surface area contributed by atoms with E-state index in [1.165, 1.54) is 0 Å². The number of rotatable bonds is 3. The van der Waals surface area contributed by atoms with E-state index in [0.29, 0.717) is 24.1 Å². The Morgan fingerprint density at radius 3 is 3.15 bits per heavy atom. The van der Waals surface area contributed by atoms with Gasteiger partial charge in [0.2, 0.25) is 5.88 Å². The number of hydrogen-bond acceptors (Lipinski definition) is 4. The van der Waals surface area contributed by atoms with Crippen molar-refractivity contribution in [2.45, 2.75) is 13.8 Å². The zero-order valence-electron chi connectivity index (χ0n) is 12.0. The van der Waals surface area contributed by atoms with Crippen molar-refractivity contribution in [1.82, 2.24) is 9.88 Å². The average molecular weight is 295 g/mol. The molecule has 0 aliphatic carbocycles. The van der Waals surface area contributed by atoms with Crippen molar-refractivity contribution in [3.63, 3.8) is 0 Å². The zero-order chi connectivity index (χ0) is 14.4. The highest BCUT2D eigenvalue weighted by atomic mass is 32.2. The molecule has 110 valence electrons. The molecule has 6 heteroatoms. The molecule has 1 atom stereocenters. The fourth-order valence-corrected chi connectivity index (χ4v) is 3.08. The quantitative estimate of drug-likeness (QED) is 0.931. The first-order valence-electron chi connectivity index (χ1n) is 6.91. The number of thioether (sulfide) groups is 1. The Hall–Kier alpha value is -1.43. The van der Waals surface area contributed by atoms with Gasteiger partial charge in [-0.05, 0) is 24.7 Å². The lowest BCUT2D eigenvalue weighted by Gasteiger charge is -2.22. The number of urea groups is 1. The van der Waals surface area contributed by atoms with Gasteiger partial charge in [-0.3, -0.25) is 0 Å². The molecule has 1 saturated heterocycles. The van der Waals surface area contributed by atoms with Crippen molar-refractivity contribution in [3.8, 4) is 5.88 Å². The minimum atomic E-state index is -0.0506. The summed E-state index contributed by atoms with van der Waals surface area (Å²) in [5, 5.41) is 2.89. The van der Waals surface area contributed by atoms with E-state index in [0.717, 1.165) is 24.6 Å². The topological polar surface area (TPSA) is 54.5 Å². The Kier molecular flexibility index (Phi) is 5.52. The number of hydrogen-bond donors (Lipinski definition) is 1. The second-order valence-corrected chi connectivity index (χ2v) is 6.02. The summed E-state index contributed by atoms with van der Waals surface area (Å²) in [4.78, 5) is 18.2. The molecule has 1 aromatic heterocycles. The van der Waals surface area contributed by atoms with E-state index in [2.05, 4.69) is 17.2 Å². The minimum Gasteiger partial charge on any atom is -0.478 e. The van der Waals surface area contributed by atoms with E-state index in [-0.39, 0.29) is 6.03 Å². The molecule has 2 amide bonds. The van der Waals surface area contributed by atoms with Crippen LogP contribution in [-0.2, 0) is 0 Å². The fourth-order valence-electron chi connectivity index (χ4n) is 2.05. The standard InChI is InChI=1S/C14H21N3O2S/c1-3-19-13-5-4-12(8-15-13)16-14(18)17-6-7-20-10-11(2)9-17/h4-5,8,11H,3,6-7,9-10H2,1-2H3,(H,16,18)/t11-/m0/s1. The predicted molar refractivity (Wildman–Crippen MR) is 82.5 cm³/mol. The van der Waals surface area contributed by atoms with Crippen molar-refractivity contribution in [2.75, 3.05) is 36.5 Å². The van der Waals surface area contributed by atoms with Gasteiger partial charge in [0, 0.05) is 24.9 Å². The summed E-state index contributed by atoms with van der Waals surface area (Å²) in [6.45, 7) is 6.28. The second kappa shape index (κ2) is 7.38. The number of amides is 2. The van der Waals surface area contributed by atoms with Gasteiger partial charge in [-0.15, -0.1) is 0 Å². The Morgan fingerprint density at radius 1 is 1.60 bits per heavy atom. The van der Waals surface area contributed by atoms with Crippen LogP contribution in [0.3, 0.4) is 0 Å². The first-order chi connectivity index (χ1) is 9.69. The van der Waals surface area contributed by atoms with Crippen LogP contribution in [0.1, 0.15) is 13.8 Å². The van der Waals surface area contributed by atoms with E-state index in [4.69, 9.17) is 4.74 Å². The van der Waals surface area contributed by atoms with Crippen LogP contribution < -0.4 is 10.1 Å². The summed E-state index contributed by atoms with van der Waals surface area (Å²) in [5.74, 6) is 3.23. The third kappa shape index (κ3) is 4.30. The van der Waals surface area contributed by atoms with Crippen molar-refractivity contribution < 1.29 is 9.53 Å². The lowest BCUT2D eigenvalue weighted by molar-refractivity contribution is 0.210. The highest BCUT2D eigenvalue weighted by Crippen LogP contribution is 2.17. The van der Waals surface area contributed by atoms with Crippen LogP contribution in [0, 0.1) is 5.92 Å². The third-order valence-corrected chi connectivity index (χ3v) is 4.28. The van der Waals surface area contributed by atoms with Gasteiger partial charge in [-0.25, -0.2) is 9.78 Å². The van der Waals surface area contributed by atoms with E-state index >= 15 is 0 Å². The van der Waals surface area contributed by atoms with Gasteiger partial charge in [0.05, 0.1) is 18.5 Å². The second-order valence-electron chi connectivity index (χ2n) is 4.87. The average Bonchev–Trinajstić information content (AvgIpc) is 2.66. The molecule has 0 aromatic carbocycles. The number of pyridine rings is 1. The van der Waals surface area contributed by atoms with Gasteiger partial charge in [0.1, 0.15) is 0 Å². The number of carbonyl (C=O) groups is 1. The number of nitrogens with one attached hydrogen (secondary N) is 1. The van der Waals surface area contributed by atoms with Crippen molar-refractivity contribution in [2.24, 2.45) is 5.92 Å². The highest BCUT2D eigenvalue weighted by Gasteiger charge is 2.19. The molecule has 2 rings (SSSR count). The van der Waals surface area contributed by atoms with Gasteiger partial charge in [0.15, 0.2) is 0 Å². The Bertz CT molecular complexity index is 439. The predicted octanol–water partition coefficient (Wildman–Crippen LogP) is 2.70. The first-order valence-corrected chi connectivity index (χ1v) is 8.07. The zero-order valence-corrected chi connectivity index (χ0v) is 12.8. The molecule has 0 radical (unpaired) electrons. The fraction of sp³-hybridized carbons (Fsp3) is 0.571. The Morgan fingerprint density at radius 2 is 2.45 bits per heavy atom. The first kappa shape index (κ1) is 15.0. The lowest BCUT2D eigenvalue weighted by atomic mass is 10.2. The van der Waals surface area contributed by atoms with Gasteiger partial charge in [-0.2, -0.15) is 11.8 Å². The molecule has 5 nitrogen and oxygen atoms in total. The summed E-state index contributed by atoms with van der Waals surface area (Å²) in [7, 11) is 0. The van der Waals surface area contributed by atoms with Crippen molar-refractivity contribution in [3.05, 3.63) is 18.3 Å². The molecular formula is C14H21N3O2S.